The van der Waals surface area contributed by atoms with Crippen LogP contribution < -0.4 is 10.3 Å². The summed E-state index contributed by atoms with van der Waals surface area (Å²) in [6, 6.07) is 7.05. The van der Waals surface area contributed by atoms with E-state index in [-0.39, 0.29) is 30.3 Å². The number of hydrazone groups is 1. The van der Waals surface area contributed by atoms with Crippen molar-refractivity contribution in [2.24, 2.45) is 16.9 Å². The van der Waals surface area contributed by atoms with E-state index in [2.05, 4.69) is 10.5 Å². The SMILES string of the molecule is CCOC(=O)N/N=C(/C)c1ccc(N2C(=O)[C@@H]3CCCC[C@H]3C2=O)cc1. The Kier molecular flexibility index (Phi) is 5.35. The fourth-order valence-electron chi connectivity index (χ4n) is 3.63. The maximum atomic E-state index is 12.6. The normalized spacial score (nSPS) is 23.0. The number of nitrogens with zero attached hydrogens (tertiary/aromatic N) is 2. The van der Waals surface area contributed by atoms with Gasteiger partial charge in [0.1, 0.15) is 0 Å². The Morgan fingerprint density at radius 1 is 1.15 bits per heavy atom. The second-order valence-electron chi connectivity index (χ2n) is 6.59. The standard InChI is InChI=1S/C19H23N3O4/c1-3-26-19(25)21-20-12(2)13-8-10-14(11-9-13)22-17(23)15-6-4-5-7-16(15)18(22)24/h8-11,15-16H,3-7H2,1-2H3,(H,21,25)/b20-12-/t15-,16-/m1/s1. The van der Waals surface area contributed by atoms with Crippen molar-refractivity contribution in [3.63, 3.8) is 0 Å². The monoisotopic (exact) mass is 357 g/mol. The van der Waals surface area contributed by atoms with E-state index in [0.29, 0.717) is 11.4 Å². The van der Waals surface area contributed by atoms with Gasteiger partial charge < -0.3 is 4.74 Å². The van der Waals surface area contributed by atoms with Crippen molar-refractivity contribution in [2.75, 3.05) is 11.5 Å². The van der Waals surface area contributed by atoms with Crippen LogP contribution in [0, 0.1) is 11.8 Å². The summed E-state index contributed by atoms with van der Waals surface area (Å²) in [5, 5.41) is 3.97. The molecule has 1 N–H and O–H groups in total. The molecular formula is C19H23N3O4. The third-order valence-electron chi connectivity index (χ3n) is 4.97. The highest BCUT2D eigenvalue weighted by Crippen LogP contribution is 2.40. The molecule has 0 unspecified atom stereocenters. The molecule has 138 valence electrons. The zero-order valence-electron chi connectivity index (χ0n) is 15.0. The number of fused-ring (bicyclic) bond motifs is 1. The molecule has 0 radical (unpaired) electrons. The Bertz CT molecular complexity index is 718. The number of rotatable bonds is 4. The molecule has 1 aliphatic carbocycles. The molecule has 1 aliphatic heterocycles. The van der Waals surface area contributed by atoms with Gasteiger partial charge in [-0.05, 0) is 44.4 Å². The molecule has 1 saturated carbocycles. The fourth-order valence-corrected chi connectivity index (χ4v) is 3.63. The molecule has 1 aromatic carbocycles. The highest BCUT2D eigenvalue weighted by atomic mass is 16.5. The summed E-state index contributed by atoms with van der Waals surface area (Å²) in [4.78, 5) is 37.9. The van der Waals surface area contributed by atoms with E-state index in [1.807, 2.05) is 0 Å². The predicted octanol–water partition coefficient (Wildman–Crippen LogP) is 2.84. The van der Waals surface area contributed by atoms with Crippen molar-refractivity contribution in [1.82, 2.24) is 5.43 Å². The second-order valence-corrected chi connectivity index (χ2v) is 6.59. The van der Waals surface area contributed by atoms with Gasteiger partial charge in [0.15, 0.2) is 0 Å². The second kappa shape index (κ2) is 7.68. The lowest BCUT2D eigenvalue weighted by molar-refractivity contribution is -0.122. The van der Waals surface area contributed by atoms with Gasteiger partial charge in [-0.3, -0.25) is 14.5 Å². The minimum absolute atomic E-state index is 0.0817. The van der Waals surface area contributed by atoms with E-state index in [1.54, 1.807) is 38.1 Å². The number of benzene rings is 1. The van der Waals surface area contributed by atoms with Crippen LogP contribution in [-0.2, 0) is 14.3 Å². The lowest BCUT2D eigenvalue weighted by Gasteiger charge is -2.19. The number of nitrogens with one attached hydrogen (secondary N) is 1. The van der Waals surface area contributed by atoms with Crippen molar-refractivity contribution < 1.29 is 19.1 Å². The highest BCUT2D eigenvalue weighted by molar-refractivity contribution is 6.22. The van der Waals surface area contributed by atoms with Crippen molar-refractivity contribution >= 4 is 29.3 Å². The van der Waals surface area contributed by atoms with Gasteiger partial charge in [-0.1, -0.05) is 25.0 Å². The Labute approximate surface area is 152 Å². The summed E-state index contributed by atoms with van der Waals surface area (Å²) in [5.41, 5.74) is 4.27. The van der Waals surface area contributed by atoms with E-state index < -0.39 is 6.09 Å². The van der Waals surface area contributed by atoms with Gasteiger partial charge in [0.2, 0.25) is 11.8 Å². The van der Waals surface area contributed by atoms with Crippen molar-refractivity contribution in [1.29, 1.82) is 0 Å². The zero-order chi connectivity index (χ0) is 18.7. The Balaban J connectivity index is 1.73. The van der Waals surface area contributed by atoms with Crippen LogP contribution in [0.5, 0.6) is 0 Å². The molecule has 0 aromatic heterocycles. The van der Waals surface area contributed by atoms with E-state index in [0.717, 1.165) is 31.2 Å². The molecule has 2 atom stereocenters. The summed E-state index contributed by atoms with van der Waals surface area (Å²) in [6.45, 7) is 3.74. The Morgan fingerprint density at radius 2 is 1.73 bits per heavy atom. The summed E-state index contributed by atoms with van der Waals surface area (Å²) in [7, 11) is 0. The highest BCUT2D eigenvalue weighted by Gasteiger charge is 2.48. The Hall–Kier alpha value is -2.70. The molecule has 0 spiro atoms. The quantitative estimate of drug-likeness (QED) is 0.510. The van der Waals surface area contributed by atoms with Crippen LogP contribution in [-0.4, -0.2) is 30.2 Å². The van der Waals surface area contributed by atoms with Crippen molar-refractivity contribution in [2.45, 2.75) is 39.5 Å². The topological polar surface area (TPSA) is 88.1 Å². The maximum absolute atomic E-state index is 12.6. The molecule has 7 nitrogen and oxygen atoms in total. The van der Waals surface area contributed by atoms with Gasteiger partial charge >= 0.3 is 6.09 Å². The van der Waals surface area contributed by atoms with E-state index >= 15 is 0 Å². The summed E-state index contributed by atoms with van der Waals surface area (Å²) in [5.74, 6) is -0.482. The first-order valence-electron chi connectivity index (χ1n) is 8.98. The number of hydrogen-bond donors (Lipinski definition) is 1. The molecule has 3 amide bonds. The van der Waals surface area contributed by atoms with Crippen LogP contribution in [0.3, 0.4) is 0 Å². The average molecular weight is 357 g/mol. The minimum Gasteiger partial charge on any atom is -0.449 e. The largest absolute Gasteiger partial charge is 0.449 e. The van der Waals surface area contributed by atoms with Gasteiger partial charge in [-0.15, -0.1) is 0 Å². The molecule has 2 fully saturated rings. The van der Waals surface area contributed by atoms with Crippen LogP contribution in [0.4, 0.5) is 10.5 Å². The lowest BCUT2D eigenvalue weighted by atomic mass is 9.81. The summed E-state index contributed by atoms with van der Waals surface area (Å²) >= 11 is 0. The average Bonchev–Trinajstić information content (AvgIpc) is 2.91. The van der Waals surface area contributed by atoms with Gasteiger partial charge in [0, 0.05) is 0 Å². The number of amides is 3. The molecule has 1 aromatic rings. The number of carbonyl (C=O) groups is 3. The first-order chi connectivity index (χ1) is 12.5. The number of imide groups is 1. The molecule has 26 heavy (non-hydrogen) atoms. The van der Waals surface area contributed by atoms with Crippen LogP contribution in [0.2, 0.25) is 0 Å². The van der Waals surface area contributed by atoms with E-state index in [9.17, 15) is 14.4 Å². The molecular weight excluding hydrogens is 334 g/mol. The van der Waals surface area contributed by atoms with Gasteiger partial charge in [-0.25, -0.2) is 10.2 Å². The van der Waals surface area contributed by atoms with E-state index in [4.69, 9.17) is 4.74 Å². The zero-order valence-corrected chi connectivity index (χ0v) is 15.0. The minimum atomic E-state index is -0.612. The maximum Gasteiger partial charge on any atom is 0.427 e. The molecule has 1 saturated heterocycles. The molecule has 0 bridgehead atoms. The molecule has 3 rings (SSSR count). The van der Waals surface area contributed by atoms with Gasteiger partial charge in [0.05, 0.1) is 29.8 Å². The smallest absolute Gasteiger partial charge is 0.427 e. The van der Waals surface area contributed by atoms with Crippen molar-refractivity contribution in [3.05, 3.63) is 29.8 Å². The molecule has 2 aliphatic rings. The number of ether oxygens (including phenoxy) is 1. The first kappa shape index (κ1) is 18.1. The van der Waals surface area contributed by atoms with E-state index in [1.165, 1.54) is 4.90 Å². The molecule has 7 heteroatoms. The van der Waals surface area contributed by atoms with Crippen LogP contribution in [0.15, 0.2) is 29.4 Å². The third-order valence-corrected chi connectivity index (χ3v) is 4.97. The lowest BCUT2D eigenvalue weighted by Crippen LogP contribution is -2.30. The third kappa shape index (κ3) is 3.47. The van der Waals surface area contributed by atoms with Crippen molar-refractivity contribution in [3.8, 4) is 0 Å². The Morgan fingerprint density at radius 3 is 2.27 bits per heavy atom. The first-order valence-corrected chi connectivity index (χ1v) is 8.98. The summed E-state index contributed by atoms with van der Waals surface area (Å²) in [6.07, 6.45) is 3.01. The van der Waals surface area contributed by atoms with Crippen LogP contribution in [0.1, 0.15) is 45.1 Å². The number of carbonyl (C=O) groups excluding carboxylic acids is 3. The van der Waals surface area contributed by atoms with Gasteiger partial charge in [-0.2, -0.15) is 5.10 Å². The van der Waals surface area contributed by atoms with Gasteiger partial charge in [0.25, 0.3) is 0 Å². The van der Waals surface area contributed by atoms with Crippen LogP contribution >= 0.6 is 0 Å². The molecule has 1 heterocycles. The van der Waals surface area contributed by atoms with Crippen LogP contribution in [0.25, 0.3) is 0 Å². The number of hydrogen-bond acceptors (Lipinski definition) is 5. The fraction of sp³-hybridized carbons (Fsp3) is 0.474. The summed E-state index contributed by atoms with van der Waals surface area (Å²) < 4.78 is 4.75. The number of anilines is 1. The predicted molar refractivity (Wildman–Crippen MR) is 96.8 cm³/mol.